The summed E-state index contributed by atoms with van der Waals surface area (Å²) in [5, 5.41) is 0.996. The van der Waals surface area contributed by atoms with Gasteiger partial charge in [0, 0.05) is 17.0 Å². The molecule has 2 N–H and O–H groups in total. The summed E-state index contributed by atoms with van der Waals surface area (Å²) in [6.07, 6.45) is 6.22. The largest absolute Gasteiger partial charge is 0.497 e. The number of ether oxygens (including phenoxy) is 1. The summed E-state index contributed by atoms with van der Waals surface area (Å²) >= 11 is 0. The van der Waals surface area contributed by atoms with Gasteiger partial charge in [0.2, 0.25) is 0 Å². The van der Waals surface area contributed by atoms with Gasteiger partial charge in [0.15, 0.2) is 0 Å². The quantitative estimate of drug-likeness (QED) is 0.813. The van der Waals surface area contributed by atoms with Crippen molar-refractivity contribution in [2.75, 3.05) is 12.8 Å². The molecule has 3 rings (SSSR count). The number of fused-ring (bicyclic) bond motifs is 2. The van der Waals surface area contributed by atoms with Gasteiger partial charge in [0.1, 0.15) is 5.75 Å². The highest BCUT2D eigenvalue weighted by atomic mass is 16.5. The van der Waals surface area contributed by atoms with Crippen molar-refractivity contribution in [3.8, 4) is 5.75 Å². The molecule has 1 aliphatic carbocycles. The number of anilines is 1. The molecule has 17 heavy (non-hydrogen) atoms. The Bertz CT molecular complexity index is 617. The summed E-state index contributed by atoms with van der Waals surface area (Å²) in [4.78, 5) is 4.67. The van der Waals surface area contributed by atoms with Crippen LogP contribution in [0.2, 0.25) is 0 Å². The molecule has 3 nitrogen and oxygen atoms in total. The summed E-state index contributed by atoms with van der Waals surface area (Å²) in [6, 6.07) is 5.82. The molecule has 0 aliphatic heterocycles. The maximum atomic E-state index is 6.20. The zero-order valence-electron chi connectivity index (χ0n) is 9.73. The van der Waals surface area contributed by atoms with Gasteiger partial charge < -0.3 is 10.5 Å². The van der Waals surface area contributed by atoms with Crippen LogP contribution in [0.5, 0.6) is 5.75 Å². The Kier molecular flexibility index (Phi) is 2.25. The molecule has 1 aliphatic rings. The maximum absolute atomic E-state index is 6.20. The molecule has 0 saturated carbocycles. The maximum Gasteiger partial charge on any atom is 0.121 e. The van der Waals surface area contributed by atoms with Crippen LogP contribution in [-0.4, -0.2) is 12.1 Å². The van der Waals surface area contributed by atoms with E-state index in [0.29, 0.717) is 0 Å². The predicted octanol–water partition coefficient (Wildman–Crippen LogP) is 2.79. The van der Waals surface area contributed by atoms with Gasteiger partial charge in [0.25, 0.3) is 0 Å². The van der Waals surface area contributed by atoms with Crippen LogP contribution in [0.4, 0.5) is 5.69 Å². The Morgan fingerprint density at radius 2 is 2.24 bits per heavy atom. The highest BCUT2D eigenvalue weighted by molar-refractivity contribution is 5.95. The Hall–Kier alpha value is -2.03. The third kappa shape index (κ3) is 1.55. The molecule has 0 unspecified atom stereocenters. The third-order valence-electron chi connectivity index (χ3n) is 3.18. The van der Waals surface area contributed by atoms with E-state index >= 15 is 0 Å². The minimum absolute atomic E-state index is 0.815. The van der Waals surface area contributed by atoms with E-state index in [-0.39, 0.29) is 0 Å². The molecule has 3 heteroatoms. The fourth-order valence-corrected chi connectivity index (χ4v) is 2.26. The van der Waals surface area contributed by atoms with E-state index in [1.165, 1.54) is 0 Å². The van der Waals surface area contributed by atoms with Crippen molar-refractivity contribution < 1.29 is 4.74 Å². The van der Waals surface area contributed by atoms with E-state index in [2.05, 4.69) is 17.1 Å². The lowest BCUT2D eigenvalue weighted by Gasteiger charge is -2.14. The number of aromatic nitrogens is 1. The van der Waals surface area contributed by atoms with Gasteiger partial charge in [-0.3, -0.25) is 4.98 Å². The number of hydrogen-bond donors (Lipinski definition) is 1. The molecule has 1 aromatic carbocycles. The van der Waals surface area contributed by atoms with Gasteiger partial charge in [0.05, 0.1) is 24.0 Å². The van der Waals surface area contributed by atoms with Crippen molar-refractivity contribution in [1.82, 2.24) is 4.98 Å². The first kappa shape index (κ1) is 10.1. The van der Waals surface area contributed by atoms with Gasteiger partial charge in [-0.05, 0) is 25.0 Å². The standard InChI is InChI=1S/C14H14N2O/c1-17-9-6-7-11-13(8-9)16-12-5-3-2-4-10(12)14(11)15/h2,4,6-8H,3,5H2,1H3,(H2,15,16). The summed E-state index contributed by atoms with van der Waals surface area (Å²) in [5.74, 6) is 0.815. The molecule has 0 fully saturated rings. The van der Waals surface area contributed by atoms with Crippen LogP contribution in [-0.2, 0) is 6.42 Å². The van der Waals surface area contributed by atoms with E-state index in [1.807, 2.05) is 18.2 Å². The number of nitrogen functional groups attached to an aromatic ring is 1. The summed E-state index contributed by atoms with van der Waals surface area (Å²) in [7, 11) is 1.66. The first-order valence-corrected chi connectivity index (χ1v) is 5.72. The van der Waals surface area contributed by atoms with Crippen LogP contribution < -0.4 is 10.5 Å². The van der Waals surface area contributed by atoms with Crippen molar-refractivity contribution in [3.63, 3.8) is 0 Å². The Morgan fingerprint density at radius 1 is 1.35 bits per heavy atom. The van der Waals surface area contributed by atoms with E-state index in [9.17, 15) is 0 Å². The molecule has 0 radical (unpaired) electrons. The van der Waals surface area contributed by atoms with Crippen molar-refractivity contribution in [3.05, 3.63) is 35.5 Å². The third-order valence-corrected chi connectivity index (χ3v) is 3.18. The van der Waals surface area contributed by atoms with Crippen LogP contribution >= 0.6 is 0 Å². The van der Waals surface area contributed by atoms with E-state index in [4.69, 9.17) is 10.5 Å². The van der Waals surface area contributed by atoms with Crippen molar-refractivity contribution in [2.24, 2.45) is 0 Å². The van der Waals surface area contributed by atoms with Gasteiger partial charge >= 0.3 is 0 Å². The Labute approximate surface area is 99.9 Å². The second-order valence-corrected chi connectivity index (χ2v) is 4.21. The molecule has 1 aromatic heterocycles. The molecular formula is C14H14N2O. The number of nitrogens with zero attached hydrogens (tertiary/aromatic N) is 1. The molecule has 0 bridgehead atoms. The molecule has 0 atom stereocenters. The second kappa shape index (κ2) is 3.77. The van der Waals surface area contributed by atoms with E-state index < -0.39 is 0 Å². The molecule has 0 spiro atoms. The molecule has 2 aromatic rings. The first-order chi connectivity index (χ1) is 8.29. The zero-order chi connectivity index (χ0) is 11.8. The fourth-order valence-electron chi connectivity index (χ4n) is 2.26. The first-order valence-electron chi connectivity index (χ1n) is 5.72. The topological polar surface area (TPSA) is 48.1 Å². The summed E-state index contributed by atoms with van der Waals surface area (Å²) in [5.41, 5.74) is 10.1. The van der Waals surface area contributed by atoms with Gasteiger partial charge in [-0.1, -0.05) is 12.2 Å². The van der Waals surface area contributed by atoms with Crippen molar-refractivity contribution >= 4 is 22.7 Å². The monoisotopic (exact) mass is 226 g/mol. The van der Waals surface area contributed by atoms with Crippen LogP contribution in [0.15, 0.2) is 24.3 Å². The number of aryl methyl sites for hydroxylation is 1. The number of methoxy groups -OCH3 is 1. The lowest BCUT2D eigenvalue weighted by atomic mass is 9.98. The lowest BCUT2D eigenvalue weighted by Crippen LogP contribution is -2.03. The average Bonchev–Trinajstić information content (AvgIpc) is 2.38. The Morgan fingerprint density at radius 3 is 3.06 bits per heavy atom. The molecule has 0 saturated heterocycles. The predicted molar refractivity (Wildman–Crippen MR) is 70.1 cm³/mol. The Balaban J connectivity index is 2.32. The normalized spacial score (nSPS) is 13.7. The fraction of sp³-hybridized carbons (Fsp3) is 0.214. The average molecular weight is 226 g/mol. The number of allylic oxidation sites excluding steroid dienone is 1. The molecule has 0 amide bonds. The van der Waals surface area contributed by atoms with Crippen molar-refractivity contribution in [1.29, 1.82) is 0 Å². The number of pyridine rings is 1. The van der Waals surface area contributed by atoms with Crippen LogP contribution in [0.3, 0.4) is 0 Å². The van der Waals surface area contributed by atoms with Crippen LogP contribution in [0, 0.1) is 0 Å². The molecule has 1 heterocycles. The van der Waals surface area contributed by atoms with Gasteiger partial charge in [-0.25, -0.2) is 0 Å². The van der Waals surface area contributed by atoms with Crippen LogP contribution in [0.1, 0.15) is 17.7 Å². The summed E-state index contributed by atoms with van der Waals surface area (Å²) in [6.45, 7) is 0. The van der Waals surface area contributed by atoms with E-state index in [1.54, 1.807) is 7.11 Å². The second-order valence-electron chi connectivity index (χ2n) is 4.21. The minimum Gasteiger partial charge on any atom is -0.497 e. The van der Waals surface area contributed by atoms with Crippen molar-refractivity contribution in [2.45, 2.75) is 12.8 Å². The number of benzene rings is 1. The minimum atomic E-state index is 0.815. The lowest BCUT2D eigenvalue weighted by molar-refractivity contribution is 0.415. The smallest absolute Gasteiger partial charge is 0.121 e. The highest BCUT2D eigenvalue weighted by Gasteiger charge is 2.13. The summed E-state index contributed by atoms with van der Waals surface area (Å²) < 4.78 is 5.21. The number of hydrogen-bond acceptors (Lipinski definition) is 3. The van der Waals surface area contributed by atoms with Gasteiger partial charge in [-0.15, -0.1) is 0 Å². The molecule has 86 valence electrons. The van der Waals surface area contributed by atoms with Crippen LogP contribution in [0.25, 0.3) is 17.0 Å². The van der Waals surface area contributed by atoms with Gasteiger partial charge in [-0.2, -0.15) is 0 Å². The zero-order valence-corrected chi connectivity index (χ0v) is 9.73. The highest BCUT2D eigenvalue weighted by Crippen LogP contribution is 2.31. The van der Waals surface area contributed by atoms with E-state index in [0.717, 1.165) is 46.4 Å². The number of nitrogens with two attached hydrogens (primary N) is 1. The molecular weight excluding hydrogens is 212 g/mol. The number of rotatable bonds is 1. The SMILES string of the molecule is COc1ccc2c(N)c3c(nc2c1)CCC=C3.